The SMILES string of the molecule is COc1ccc(Cc2c(C)ccc(OC)c2C#N)cc1OC. The summed E-state index contributed by atoms with van der Waals surface area (Å²) in [6.45, 7) is 2.00. The molecule has 0 aliphatic rings. The van der Waals surface area contributed by atoms with Gasteiger partial charge in [-0.1, -0.05) is 12.1 Å². The molecule has 0 N–H and O–H groups in total. The van der Waals surface area contributed by atoms with E-state index in [4.69, 9.17) is 14.2 Å². The molecule has 0 atom stereocenters. The molecule has 0 amide bonds. The van der Waals surface area contributed by atoms with E-state index in [2.05, 4.69) is 6.07 Å². The van der Waals surface area contributed by atoms with E-state index in [0.717, 1.165) is 16.7 Å². The van der Waals surface area contributed by atoms with Crippen LogP contribution in [0.15, 0.2) is 30.3 Å². The van der Waals surface area contributed by atoms with Crippen LogP contribution in [-0.2, 0) is 6.42 Å². The van der Waals surface area contributed by atoms with Crippen molar-refractivity contribution in [2.45, 2.75) is 13.3 Å². The van der Waals surface area contributed by atoms with E-state index in [9.17, 15) is 5.26 Å². The Balaban J connectivity index is 2.45. The van der Waals surface area contributed by atoms with Crippen LogP contribution in [0.3, 0.4) is 0 Å². The lowest BCUT2D eigenvalue weighted by Crippen LogP contribution is -2.00. The average Bonchev–Trinajstić information content (AvgIpc) is 2.56. The van der Waals surface area contributed by atoms with Gasteiger partial charge in [-0.25, -0.2) is 0 Å². The fourth-order valence-electron chi connectivity index (χ4n) is 2.45. The lowest BCUT2D eigenvalue weighted by molar-refractivity contribution is 0.354. The smallest absolute Gasteiger partial charge is 0.160 e. The Bertz CT molecular complexity index is 717. The molecule has 4 nitrogen and oxygen atoms in total. The highest BCUT2D eigenvalue weighted by atomic mass is 16.5. The summed E-state index contributed by atoms with van der Waals surface area (Å²) < 4.78 is 15.9. The van der Waals surface area contributed by atoms with Crippen LogP contribution in [0.2, 0.25) is 0 Å². The van der Waals surface area contributed by atoms with Crippen molar-refractivity contribution >= 4 is 0 Å². The Kier molecular flexibility index (Phi) is 4.90. The second-order valence-electron chi connectivity index (χ2n) is 4.92. The Morgan fingerprint density at radius 2 is 1.55 bits per heavy atom. The van der Waals surface area contributed by atoms with E-state index < -0.39 is 0 Å². The van der Waals surface area contributed by atoms with E-state index in [-0.39, 0.29) is 0 Å². The molecule has 0 aromatic heterocycles. The number of hydrogen-bond acceptors (Lipinski definition) is 4. The molecule has 0 aliphatic carbocycles. The van der Waals surface area contributed by atoms with Crippen molar-refractivity contribution in [3.8, 4) is 23.3 Å². The van der Waals surface area contributed by atoms with Crippen molar-refractivity contribution in [2.75, 3.05) is 21.3 Å². The van der Waals surface area contributed by atoms with Gasteiger partial charge in [0.15, 0.2) is 11.5 Å². The highest BCUT2D eigenvalue weighted by Gasteiger charge is 2.13. The van der Waals surface area contributed by atoms with Crippen molar-refractivity contribution in [3.05, 3.63) is 52.6 Å². The summed E-state index contributed by atoms with van der Waals surface area (Å²) in [4.78, 5) is 0. The zero-order valence-electron chi connectivity index (χ0n) is 13.3. The number of hydrogen-bond donors (Lipinski definition) is 0. The van der Waals surface area contributed by atoms with Gasteiger partial charge >= 0.3 is 0 Å². The quantitative estimate of drug-likeness (QED) is 0.847. The lowest BCUT2D eigenvalue weighted by atomic mass is 9.95. The molecule has 2 rings (SSSR count). The molecule has 22 heavy (non-hydrogen) atoms. The fraction of sp³-hybridized carbons (Fsp3) is 0.278. The molecule has 0 unspecified atom stereocenters. The molecular formula is C18H19NO3. The minimum Gasteiger partial charge on any atom is -0.495 e. The molecule has 2 aromatic carbocycles. The summed E-state index contributed by atoms with van der Waals surface area (Å²) in [7, 11) is 4.79. The van der Waals surface area contributed by atoms with Crippen LogP contribution in [-0.4, -0.2) is 21.3 Å². The highest BCUT2D eigenvalue weighted by molar-refractivity contribution is 5.54. The van der Waals surface area contributed by atoms with Crippen molar-refractivity contribution in [1.29, 1.82) is 5.26 Å². The fourth-order valence-corrected chi connectivity index (χ4v) is 2.45. The lowest BCUT2D eigenvalue weighted by Gasteiger charge is -2.13. The van der Waals surface area contributed by atoms with Crippen molar-refractivity contribution in [1.82, 2.24) is 0 Å². The molecule has 0 saturated carbocycles. The minimum atomic E-state index is 0.581. The van der Waals surface area contributed by atoms with Gasteiger partial charge < -0.3 is 14.2 Å². The maximum atomic E-state index is 9.44. The zero-order chi connectivity index (χ0) is 16.1. The van der Waals surface area contributed by atoms with Gasteiger partial charge in [0.1, 0.15) is 11.8 Å². The summed E-state index contributed by atoms with van der Waals surface area (Å²) in [6.07, 6.45) is 0.631. The van der Waals surface area contributed by atoms with E-state index in [1.54, 1.807) is 21.3 Å². The third-order valence-electron chi connectivity index (χ3n) is 3.67. The van der Waals surface area contributed by atoms with Gasteiger partial charge in [0.25, 0.3) is 0 Å². The number of nitrogens with zero attached hydrogens (tertiary/aromatic N) is 1. The summed E-state index contributed by atoms with van der Waals surface area (Å²) >= 11 is 0. The Morgan fingerprint density at radius 3 is 2.14 bits per heavy atom. The van der Waals surface area contributed by atoms with Crippen LogP contribution in [0.4, 0.5) is 0 Å². The molecule has 114 valence electrons. The van der Waals surface area contributed by atoms with Gasteiger partial charge in [0.05, 0.1) is 26.9 Å². The number of rotatable bonds is 5. The maximum absolute atomic E-state index is 9.44. The number of ether oxygens (including phenoxy) is 3. The summed E-state index contributed by atoms with van der Waals surface area (Å²) in [5.41, 5.74) is 3.66. The van der Waals surface area contributed by atoms with E-state index >= 15 is 0 Å². The van der Waals surface area contributed by atoms with Gasteiger partial charge in [-0.05, 0) is 48.2 Å². The van der Waals surface area contributed by atoms with Gasteiger partial charge in [-0.3, -0.25) is 0 Å². The second-order valence-corrected chi connectivity index (χ2v) is 4.92. The molecule has 0 aliphatic heterocycles. The van der Waals surface area contributed by atoms with Crippen LogP contribution in [0.5, 0.6) is 17.2 Å². The molecule has 0 spiro atoms. The molecule has 4 heteroatoms. The number of methoxy groups -OCH3 is 3. The van der Waals surface area contributed by atoms with Crippen LogP contribution in [0.1, 0.15) is 22.3 Å². The van der Waals surface area contributed by atoms with Crippen LogP contribution in [0.25, 0.3) is 0 Å². The molecule has 0 saturated heterocycles. The van der Waals surface area contributed by atoms with Crippen molar-refractivity contribution in [2.24, 2.45) is 0 Å². The Labute approximate surface area is 130 Å². The number of nitriles is 1. The summed E-state index contributed by atoms with van der Waals surface area (Å²) in [5.74, 6) is 1.97. The zero-order valence-corrected chi connectivity index (χ0v) is 13.3. The van der Waals surface area contributed by atoms with Crippen LogP contribution < -0.4 is 14.2 Å². The van der Waals surface area contributed by atoms with Gasteiger partial charge in [-0.2, -0.15) is 5.26 Å². The standard InChI is InChI=1S/C18H19NO3/c1-12-5-7-16(20-2)15(11-19)14(12)9-13-6-8-17(21-3)18(10-13)22-4/h5-8,10H,9H2,1-4H3. The predicted octanol–water partition coefficient (Wildman–Crippen LogP) is 3.48. The first-order valence-corrected chi connectivity index (χ1v) is 6.92. The van der Waals surface area contributed by atoms with E-state index in [1.807, 2.05) is 37.3 Å². The largest absolute Gasteiger partial charge is 0.495 e. The second kappa shape index (κ2) is 6.86. The molecular weight excluding hydrogens is 278 g/mol. The van der Waals surface area contributed by atoms with Gasteiger partial charge in [0.2, 0.25) is 0 Å². The van der Waals surface area contributed by atoms with Crippen LogP contribution >= 0.6 is 0 Å². The molecule has 2 aromatic rings. The van der Waals surface area contributed by atoms with Crippen molar-refractivity contribution in [3.63, 3.8) is 0 Å². The van der Waals surface area contributed by atoms with E-state index in [0.29, 0.717) is 29.2 Å². The van der Waals surface area contributed by atoms with Crippen molar-refractivity contribution < 1.29 is 14.2 Å². The monoisotopic (exact) mass is 297 g/mol. The first kappa shape index (κ1) is 15.7. The number of benzene rings is 2. The third-order valence-corrected chi connectivity index (χ3v) is 3.67. The van der Waals surface area contributed by atoms with Crippen LogP contribution in [0, 0.1) is 18.3 Å². The molecule has 0 radical (unpaired) electrons. The Morgan fingerprint density at radius 1 is 0.909 bits per heavy atom. The highest BCUT2D eigenvalue weighted by Crippen LogP contribution is 2.31. The topological polar surface area (TPSA) is 51.5 Å². The predicted molar refractivity (Wildman–Crippen MR) is 84.8 cm³/mol. The Hall–Kier alpha value is -2.67. The molecule has 0 bridgehead atoms. The number of aryl methyl sites for hydroxylation is 1. The average molecular weight is 297 g/mol. The minimum absolute atomic E-state index is 0.581. The molecule has 0 heterocycles. The first-order valence-electron chi connectivity index (χ1n) is 6.92. The van der Waals surface area contributed by atoms with Gasteiger partial charge in [0, 0.05) is 0 Å². The van der Waals surface area contributed by atoms with Gasteiger partial charge in [-0.15, -0.1) is 0 Å². The molecule has 0 fully saturated rings. The summed E-state index contributed by atoms with van der Waals surface area (Å²) in [6, 6.07) is 11.8. The third kappa shape index (κ3) is 2.99. The maximum Gasteiger partial charge on any atom is 0.160 e. The summed E-state index contributed by atoms with van der Waals surface area (Å²) in [5, 5.41) is 9.44. The normalized spacial score (nSPS) is 9.95. The first-order chi connectivity index (χ1) is 10.6. The van der Waals surface area contributed by atoms with E-state index in [1.165, 1.54) is 0 Å².